The highest BCUT2D eigenvalue weighted by Gasteiger charge is 2.30. The third kappa shape index (κ3) is 3.60. The van der Waals surface area contributed by atoms with Crippen LogP contribution in [0.15, 0.2) is 12.7 Å². The molecule has 1 saturated heterocycles. The van der Waals surface area contributed by atoms with Crippen LogP contribution in [-0.4, -0.2) is 24.8 Å². The number of ether oxygens (including phenoxy) is 2. The van der Waals surface area contributed by atoms with Gasteiger partial charge in [-0.15, -0.1) is 6.58 Å². The van der Waals surface area contributed by atoms with Gasteiger partial charge in [-0.05, 0) is 13.3 Å². The summed E-state index contributed by atoms with van der Waals surface area (Å²) in [4.78, 5) is 11.3. The van der Waals surface area contributed by atoms with E-state index in [0.29, 0.717) is 32.5 Å². The van der Waals surface area contributed by atoms with Crippen molar-refractivity contribution in [3.05, 3.63) is 12.7 Å². The molecule has 14 heavy (non-hydrogen) atoms. The fourth-order valence-corrected chi connectivity index (χ4v) is 1.46. The summed E-state index contributed by atoms with van der Waals surface area (Å²) in [5, 5.41) is 0. The predicted octanol–water partition coefficient (Wildman–Crippen LogP) is 2.06. The second kappa shape index (κ2) is 5.27. The van der Waals surface area contributed by atoms with Crippen LogP contribution >= 0.6 is 0 Å². The lowest BCUT2D eigenvalue weighted by Gasteiger charge is -2.21. The molecule has 3 nitrogen and oxygen atoms in total. The zero-order valence-corrected chi connectivity index (χ0v) is 8.75. The summed E-state index contributed by atoms with van der Waals surface area (Å²) < 4.78 is 10.8. The summed E-state index contributed by atoms with van der Waals surface area (Å²) in [6.07, 6.45) is 4.30. The summed E-state index contributed by atoms with van der Waals surface area (Å²) in [6, 6.07) is 0. The van der Waals surface area contributed by atoms with Gasteiger partial charge in [-0.25, -0.2) is 0 Å². The lowest BCUT2D eigenvalue weighted by Crippen LogP contribution is -2.26. The van der Waals surface area contributed by atoms with E-state index in [1.54, 1.807) is 6.08 Å². The molecule has 1 heterocycles. The summed E-state index contributed by atoms with van der Waals surface area (Å²) in [7, 11) is 0. The monoisotopic (exact) mass is 198 g/mol. The molecule has 0 aromatic rings. The Labute approximate surface area is 85.1 Å². The van der Waals surface area contributed by atoms with E-state index in [1.165, 1.54) is 0 Å². The van der Waals surface area contributed by atoms with Gasteiger partial charge in [-0.1, -0.05) is 6.08 Å². The minimum atomic E-state index is -0.524. The molecule has 1 fully saturated rings. The van der Waals surface area contributed by atoms with Gasteiger partial charge >= 0.3 is 0 Å². The molecule has 0 spiro atoms. The van der Waals surface area contributed by atoms with Gasteiger partial charge in [-0.2, -0.15) is 0 Å². The van der Waals surface area contributed by atoms with Crippen LogP contribution in [0.4, 0.5) is 0 Å². The lowest BCUT2D eigenvalue weighted by atomic mass is 10.1. The summed E-state index contributed by atoms with van der Waals surface area (Å²) in [6.45, 7) is 6.74. The predicted molar refractivity (Wildman–Crippen MR) is 54.0 cm³/mol. The van der Waals surface area contributed by atoms with Gasteiger partial charge in [0.2, 0.25) is 0 Å². The molecule has 80 valence electrons. The molecule has 0 N–H and O–H groups in total. The maximum absolute atomic E-state index is 11.3. The molecule has 0 saturated carbocycles. The van der Waals surface area contributed by atoms with Crippen LogP contribution in [0.1, 0.15) is 32.6 Å². The van der Waals surface area contributed by atoms with Crippen molar-refractivity contribution < 1.29 is 14.3 Å². The maximum atomic E-state index is 11.3. The Morgan fingerprint density at radius 3 is 2.64 bits per heavy atom. The molecular formula is C11H18O3. The molecule has 0 amide bonds. The molecule has 0 unspecified atom stereocenters. The molecular weight excluding hydrogens is 180 g/mol. The largest absolute Gasteiger partial charge is 0.348 e. The van der Waals surface area contributed by atoms with Gasteiger partial charge in [-0.3, -0.25) is 4.79 Å². The van der Waals surface area contributed by atoms with Crippen LogP contribution in [-0.2, 0) is 14.3 Å². The van der Waals surface area contributed by atoms with Gasteiger partial charge in [0.1, 0.15) is 5.78 Å². The Hall–Kier alpha value is -0.670. The molecule has 0 atom stereocenters. The van der Waals surface area contributed by atoms with Crippen molar-refractivity contribution in [3.63, 3.8) is 0 Å². The number of allylic oxidation sites excluding steroid dienone is 1. The first-order valence-electron chi connectivity index (χ1n) is 5.07. The molecule has 0 bridgehead atoms. The van der Waals surface area contributed by atoms with Crippen LogP contribution in [0.5, 0.6) is 0 Å². The van der Waals surface area contributed by atoms with Crippen molar-refractivity contribution in [2.24, 2.45) is 0 Å². The fraction of sp³-hybridized carbons (Fsp3) is 0.727. The van der Waals surface area contributed by atoms with Gasteiger partial charge < -0.3 is 9.47 Å². The molecule has 1 aliphatic heterocycles. The van der Waals surface area contributed by atoms with Crippen molar-refractivity contribution in [2.45, 2.75) is 38.4 Å². The fourth-order valence-electron chi connectivity index (χ4n) is 1.46. The number of hydrogen-bond donors (Lipinski definition) is 0. The zero-order valence-electron chi connectivity index (χ0n) is 8.75. The van der Waals surface area contributed by atoms with Crippen LogP contribution in [0.25, 0.3) is 0 Å². The summed E-state index contributed by atoms with van der Waals surface area (Å²) in [5.74, 6) is -0.269. The average Bonchev–Trinajstić information content (AvgIpc) is 2.60. The summed E-state index contributed by atoms with van der Waals surface area (Å²) in [5.41, 5.74) is 0. The van der Waals surface area contributed by atoms with Crippen molar-refractivity contribution in [2.75, 3.05) is 13.2 Å². The number of rotatable bonds is 6. The Balaban J connectivity index is 2.18. The third-order valence-corrected chi connectivity index (χ3v) is 2.38. The molecule has 0 aromatic heterocycles. The second-order valence-electron chi connectivity index (χ2n) is 3.70. The minimum absolute atomic E-state index is 0.255. The Morgan fingerprint density at radius 2 is 2.07 bits per heavy atom. The van der Waals surface area contributed by atoms with E-state index < -0.39 is 5.79 Å². The first kappa shape index (κ1) is 11.4. The van der Waals surface area contributed by atoms with Gasteiger partial charge in [0.25, 0.3) is 0 Å². The van der Waals surface area contributed by atoms with Crippen molar-refractivity contribution >= 4 is 5.78 Å². The Bertz CT molecular complexity index is 205. The molecule has 1 aliphatic rings. The van der Waals surface area contributed by atoms with Crippen molar-refractivity contribution in [1.82, 2.24) is 0 Å². The average molecular weight is 198 g/mol. The second-order valence-corrected chi connectivity index (χ2v) is 3.70. The molecule has 3 heteroatoms. The van der Waals surface area contributed by atoms with E-state index in [2.05, 4.69) is 6.58 Å². The van der Waals surface area contributed by atoms with Gasteiger partial charge in [0.15, 0.2) is 5.79 Å². The zero-order chi connectivity index (χ0) is 10.4. The van der Waals surface area contributed by atoms with E-state index in [-0.39, 0.29) is 5.78 Å². The molecule has 1 rings (SSSR count). The summed E-state index contributed by atoms with van der Waals surface area (Å²) >= 11 is 0. The maximum Gasteiger partial charge on any atom is 0.166 e. The molecule has 0 aromatic carbocycles. The standard InChI is InChI=1S/C11H18O3/c1-3-4-5-10(12)6-7-11(2)13-8-9-14-11/h3H,1,4-9H2,2H3. The van der Waals surface area contributed by atoms with E-state index in [9.17, 15) is 4.79 Å². The molecule has 0 radical (unpaired) electrons. The highest BCUT2D eigenvalue weighted by atomic mass is 16.7. The topological polar surface area (TPSA) is 35.5 Å². The lowest BCUT2D eigenvalue weighted by molar-refractivity contribution is -0.151. The van der Waals surface area contributed by atoms with E-state index in [1.807, 2.05) is 6.92 Å². The van der Waals surface area contributed by atoms with Gasteiger partial charge in [0, 0.05) is 19.3 Å². The van der Waals surface area contributed by atoms with Crippen LogP contribution in [0, 0.1) is 0 Å². The van der Waals surface area contributed by atoms with Crippen LogP contribution in [0.2, 0.25) is 0 Å². The quantitative estimate of drug-likeness (QED) is 0.613. The van der Waals surface area contributed by atoms with E-state index >= 15 is 0 Å². The third-order valence-electron chi connectivity index (χ3n) is 2.38. The van der Waals surface area contributed by atoms with Crippen LogP contribution in [0.3, 0.4) is 0 Å². The first-order chi connectivity index (χ1) is 6.66. The number of carbonyl (C=O) groups excluding carboxylic acids is 1. The highest BCUT2D eigenvalue weighted by Crippen LogP contribution is 2.24. The smallest absolute Gasteiger partial charge is 0.166 e. The number of Topliss-reactive ketones (excluding diaryl/α,β-unsaturated/α-hetero) is 1. The van der Waals surface area contributed by atoms with E-state index in [4.69, 9.17) is 9.47 Å². The number of hydrogen-bond acceptors (Lipinski definition) is 3. The van der Waals surface area contributed by atoms with Crippen molar-refractivity contribution in [3.8, 4) is 0 Å². The number of carbonyl (C=O) groups is 1. The highest BCUT2D eigenvalue weighted by molar-refractivity contribution is 5.78. The Morgan fingerprint density at radius 1 is 1.43 bits per heavy atom. The first-order valence-corrected chi connectivity index (χ1v) is 5.07. The normalized spacial score (nSPS) is 19.5. The number of ketones is 1. The SMILES string of the molecule is C=CCCC(=O)CCC1(C)OCCO1. The van der Waals surface area contributed by atoms with Gasteiger partial charge in [0.05, 0.1) is 13.2 Å². The van der Waals surface area contributed by atoms with E-state index in [0.717, 1.165) is 6.42 Å². The molecule has 0 aliphatic carbocycles. The Kier molecular flexibility index (Phi) is 4.29. The van der Waals surface area contributed by atoms with Crippen LogP contribution < -0.4 is 0 Å². The minimum Gasteiger partial charge on any atom is -0.348 e. The van der Waals surface area contributed by atoms with Crippen molar-refractivity contribution in [1.29, 1.82) is 0 Å².